The number of nitrogens with zero attached hydrogens (tertiary/aromatic N) is 3. The molecule has 10 heteroatoms. The van der Waals surface area contributed by atoms with Gasteiger partial charge in [-0.1, -0.05) is 0 Å². The summed E-state index contributed by atoms with van der Waals surface area (Å²) in [5, 5.41) is 12.0. The molecular formula is C15H11BrF2N4O3. The third-order valence-electron chi connectivity index (χ3n) is 4.47. The van der Waals surface area contributed by atoms with Crippen molar-refractivity contribution in [3.8, 4) is 0 Å². The molecule has 0 spiro atoms. The van der Waals surface area contributed by atoms with Crippen LogP contribution in [0.3, 0.4) is 0 Å². The molecule has 7 nitrogen and oxygen atoms in total. The Morgan fingerprint density at radius 1 is 1.40 bits per heavy atom. The monoisotopic (exact) mass is 412 g/mol. The van der Waals surface area contributed by atoms with E-state index in [1.54, 1.807) is 4.90 Å². The van der Waals surface area contributed by atoms with Gasteiger partial charge in [0, 0.05) is 18.5 Å². The minimum absolute atomic E-state index is 0.0219. The molecule has 1 fully saturated rings. The molecule has 1 aromatic heterocycles. The van der Waals surface area contributed by atoms with Gasteiger partial charge in [-0.05, 0) is 22.0 Å². The molecule has 1 saturated heterocycles. The number of nitrogens with one attached hydrogen (secondary N) is 1. The molecule has 2 aliphatic rings. The molecule has 2 amide bonds. The van der Waals surface area contributed by atoms with Gasteiger partial charge >= 0.3 is 6.09 Å². The zero-order valence-corrected chi connectivity index (χ0v) is 14.2. The van der Waals surface area contributed by atoms with E-state index in [1.165, 1.54) is 6.20 Å². The Balaban J connectivity index is 1.90. The fraction of sp³-hybridized carbons (Fsp3) is 0.267. The predicted molar refractivity (Wildman–Crippen MR) is 88.7 cm³/mol. The normalized spacial score (nSPS) is 19.5. The van der Waals surface area contributed by atoms with Gasteiger partial charge in [0.1, 0.15) is 17.4 Å². The minimum Gasteiger partial charge on any atom is -0.465 e. The van der Waals surface area contributed by atoms with E-state index in [-0.39, 0.29) is 40.9 Å². The van der Waals surface area contributed by atoms with Gasteiger partial charge in [-0.15, -0.1) is 0 Å². The number of carboxylic acid groups (broad SMARTS) is 1. The van der Waals surface area contributed by atoms with Crippen molar-refractivity contribution in [3.63, 3.8) is 0 Å². The number of benzene rings is 1. The molecule has 2 N–H and O–H groups in total. The zero-order chi connectivity index (χ0) is 17.9. The maximum Gasteiger partial charge on any atom is 0.407 e. The molecule has 1 aromatic carbocycles. The van der Waals surface area contributed by atoms with Gasteiger partial charge in [0.15, 0.2) is 5.82 Å². The highest BCUT2D eigenvalue weighted by Crippen LogP contribution is 2.41. The average molecular weight is 413 g/mol. The number of hydrogen-bond acceptors (Lipinski definition) is 4. The number of hydrogen-bond donors (Lipinski definition) is 2. The summed E-state index contributed by atoms with van der Waals surface area (Å²) < 4.78 is 28.1. The van der Waals surface area contributed by atoms with E-state index in [2.05, 4.69) is 26.2 Å². The highest BCUT2D eigenvalue weighted by molar-refractivity contribution is 9.10. The van der Waals surface area contributed by atoms with Crippen molar-refractivity contribution < 1.29 is 23.5 Å². The predicted octanol–water partition coefficient (Wildman–Crippen LogP) is 2.40. The standard InChI is InChI=1S/C15H11BrF2N4O3/c16-10-7(17)3-6-12(11(10)18)19-4-8-13(6)22-2-1-21(15(24)25)5-9(22)14(23)20-8/h3-4,9H,1-2,5H2,(H,20,23)(H,24,25)/t9-/m1/s1. The number of carbonyl (C=O) groups excluding carboxylic acids is 1. The average Bonchev–Trinajstić information content (AvgIpc) is 2.59. The lowest BCUT2D eigenvalue weighted by molar-refractivity contribution is -0.118. The second-order valence-electron chi connectivity index (χ2n) is 5.83. The van der Waals surface area contributed by atoms with Gasteiger partial charge < -0.3 is 20.2 Å². The first kappa shape index (κ1) is 16.0. The molecule has 0 bridgehead atoms. The number of anilines is 2. The number of piperazine rings is 1. The molecule has 4 rings (SSSR count). The van der Waals surface area contributed by atoms with Crippen molar-refractivity contribution in [1.29, 1.82) is 0 Å². The van der Waals surface area contributed by atoms with Crippen LogP contribution < -0.4 is 10.2 Å². The van der Waals surface area contributed by atoms with Gasteiger partial charge in [0.25, 0.3) is 0 Å². The van der Waals surface area contributed by atoms with Crippen LogP contribution >= 0.6 is 15.9 Å². The van der Waals surface area contributed by atoms with E-state index in [0.717, 1.165) is 11.0 Å². The summed E-state index contributed by atoms with van der Waals surface area (Å²) in [7, 11) is 0. The van der Waals surface area contributed by atoms with Crippen molar-refractivity contribution >= 4 is 50.2 Å². The molecule has 0 saturated carbocycles. The third-order valence-corrected chi connectivity index (χ3v) is 5.19. The molecule has 2 aromatic rings. The Morgan fingerprint density at radius 2 is 2.16 bits per heavy atom. The second-order valence-corrected chi connectivity index (χ2v) is 6.62. The summed E-state index contributed by atoms with van der Waals surface area (Å²) in [4.78, 5) is 30.3. The quantitative estimate of drug-likeness (QED) is 0.648. The Hall–Kier alpha value is -2.49. The van der Waals surface area contributed by atoms with E-state index in [1.807, 2.05) is 0 Å². The SMILES string of the molecule is O=C1Nc2cnc3c(F)c(Br)c(F)cc3c2N2CCN(C(=O)O)C[C@H]12. The lowest BCUT2D eigenvalue weighted by Gasteiger charge is -2.44. The van der Waals surface area contributed by atoms with Gasteiger partial charge in [0.2, 0.25) is 5.91 Å². The van der Waals surface area contributed by atoms with Crippen molar-refractivity contribution in [2.75, 3.05) is 29.9 Å². The number of pyridine rings is 1. The number of aromatic nitrogens is 1. The van der Waals surface area contributed by atoms with E-state index >= 15 is 0 Å². The van der Waals surface area contributed by atoms with Crippen molar-refractivity contribution in [2.45, 2.75) is 6.04 Å². The first-order valence-electron chi connectivity index (χ1n) is 7.40. The molecule has 1 atom stereocenters. The highest BCUT2D eigenvalue weighted by atomic mass is 79.9. The Kier molecular flexibility index (Phi) is 3.53. The van der Waals surface area contributed by atoms with Crippen LogP contribution in [0.15, 0.2) is 16.7 Å². The smallest absolute Gasteiger partial charge is 0.407 e. The molecule has 0 radical (unpaired) electrons. The summed E-state index contributed by atoms with van der Waals surface area (Å²) in [6, 6.07) is 0.393. The first-order valence-corrected chi connectivity index (χ1v) is 8.19. The topological polar surface area (TPSA) is 85.8 Å². The van der Waals surface area contributed by atoms with Crippen LogP contribution in [0, 0.1) is 11.6 Å². The van der Waals surface area contributed by atoms with Crippen LogP contribution in [0.5, 0.6) is 0 Å². The van der Waals surface area contributed by atoms with Crippen molar-refractivity contribution in [3.05, 3.63) is 28.4 Å². The largest absolute Gasteiger partial charge is 0.465 e. The van der Waals surface area contributed by atoms with E-state index in [0.29, 0.717) is 11.4 Å². The van der Waals surface area contributed by atoms with Gasteiger partial charge in [-0.3, -0.25) is 9.78 Å². The number of fused-ring (bicyclic) bond motifs is 5. The second kappa shape index (κ2) is 5.51. The van der Waals surface area contributed by atoms with Gasteiger partial charge in [-0.25, -0.2) is 13.6 Å². The number of halogens is 3. The lowest BCUT2D eigenvalue weighted by Crippen LogP contribution is -2.61. The molecule has 0 unspecified atom stereocenters. The summed E-state index contributed by atoms with van der Waals surface area (Å²) in [6.07, 6.45) is 0.210. The van der Waals surface area contributed by atoms with Crippen molar-refractivity contribution in [1.82, 2.24) is 9.88 Å². The zero-order valence-electron chi connectivity index (χ0n) is 12.6. The van der Waals surface area contributed by atoms with Crippen LogP contribution in [-0.4, -0.2) is 52.7 Å². The molecule has 3 heterocycles. The molecule has 2 aliphatic heterocycles. The molecular weight excluding hydrogens is 402 g/mol. The van der Waals surface area contributed by atoms with Crippen LogP contribution in [0.1, 0.15) is 0 Å². The third kappa shape index (κ3) is 2.31. The van der Waals surface area contributed by atoms with Crippen LogP contribution in [0.25, 0.3) is 10.9 Å². The summed E-state index contributed by atoms with van der Waals surface area (Å²) >= 11 is 2.85. The maximum absolute atomic E-state index is 14.4. The van der Waals surface area contributed by atoms with Crippen LogP contribution in [-0.2, 0) is 4.79 Å². The summed E-state index contributed by atoms with van der Waals surface area (Å²) in [6.45, 7) is 0.394. The Bertz CT molecular complexity index is 939. The maximum atomic E-state index is 14.4. The van der Waals surface area contributed by atoms with Gasteiger partial charge in [-0.2, -0.15) is 0 Å². The first-order chi connectivity index (χ1) is 11.9. The molecule has 25 heavy (non-hydrogen) atoms. The van der Waals surface area contributed by atoms with E-state index < -0.39 is 23.8 Å². The molecule has 0 aliphatic carbocycles. The summed E-state index contributed by atoms with van der Waals surface area (Å²) in [5.74, 6) is -1.98. The fourth-order valence-electron chi connectivity index (χ4n) is 3.29. The highest BCUT2D eigenvalue weighted by Gasteiger charge is 2.40. The van der Waals surface area contributed by atoms with Crippen molar-refractivity contribution in [2.24, 2.45) is 0 Å². The Morgan fingerprint density at radius 3 is 2.88 bits per heavy atom. The number of rotatable bonds is 0. The molecule has 130 valence electrons. The van der Waals surface area contributed by atoms with Crippen LogP contribution in [0.2, 0.25) is 0 Å². The van der Waals surface area contributed by atoms with Gasteiger partial charge in [0.05, 0.1) is 28.6 Å². The van der Waals surface area contributed by atoms with E-state index in [9.17, 15) is 18.4 Å². The van der Waals surface area contributed by atoms with Crippen LogP contribution in [0.4, 0.5) is 25.0 Å². The Labute approximate surface area is 148 Å². The minimum atomic E-state index is -1.11. The summed E-state index contributed by atoms with van der Waals surface area (Å²) in [5.41, 5.74) is 0.770. The fourth-order valence-corrected chi connectivity index (χ4v) is 3.60. The lowest BCUT2D eigenvalue weighted by atomic mass is 10.0. The number of carbonyl (C=O) groups is 2. The number of amides is 2. The van der Waals surface area contributed by atoms with E-state index in [4.69, 9.17) is 5.11 Å².